The molecule has 0 aromatic heterocycles. The van der Waals surface area contributed by atoms with E-state index in [1.54, 1.807) is 13.3 Å². The molecule has 2 nitrogen and oxygen atoms in total. The molecule has 0 radical (unpaired) electrons. The van der Waals surface area contributed by atoms with Crippen LogP contribution in [-0.4, -0.2) is 13.3 Å². The zero-order valence-corrected chi connectivity index (χ0v) is 10.3. The average molecular weight is 237 g/mol. The van der Waals surface area contributed by atoms with Crippen LogP contribution in [0.25, 0.3) is 6.08 Å². The minimum atomic E-state index is 0.816. The lowest BCUT2D eigenvalue weighted by Gasteiger charge is -1.98. The van der Waals surface area contributed by atoms with Crippen molar-refractivity contribution >= 4 is 18.0 Å². The van der Waals surface area contributed by atoms with E-state index in [9.17, 15) is 0 Å². The Bertz CT molecular complexity index is 544. The fraction of sp³-hybridized carbons (Fsp3) is 0.0625. The van der Waals surface area contributed by atoms with E-state index in [4.69, 9.17) is 4.74 Å². The maximum Gasteiger partial charge on any atom is 0.121 e. The van der Waals surface area contributed by atoms with E-state index in [1.807, 2.05) is 54.6 Å². The van der Waals surface area contributed by atoms with Gasteiger partial charge >= 0.3 is 0 Å². The number of benzene rings is 2. The third-order valence-corrected chi connectivity index (χ3v) is 2.45. The van der Waals surface area contributed by atoms with Crippen LogP contribution in [0.2, 0.25) is 0 Å². The van der Waals surface area contributed by atoms with Crippen molar-refractivity contribution in [3.8, 4) is 5.75 Å². The maximum atomic E-state index is 5.14. The number of hydrogen-bond acceptors (Lipinski definition) is 2. The molecule has 18 heavy (non-hydrogen) atoms. The normalized spacial score (nSPS) is 11.2. The van der Waals surface area contributed by atoms with Crippen LogP contribution in [-0.2, 0) is 0 Å². The Morgan fingerprint density at radius 2 is 1.83 bits per heavy atom. The molecule has 0 saturated carbocycles. The number of rotatable bonds is 4. The van der Waals surface area contributed by atoms with Crippen LogP contribution in [0.4, 0.5) is 5.69 Å². The highest BCUT2D eigenvalue weighted by atomic mass is 16.5. The summed E-state index contributed by atoms with van der Waals surface area (Å²) in [5, 5.41) is 0. The number of allylic oxidation sites excluding steroid dienone is 1. The summed E-state index contributed by atoms with van der Waals surface area (Å²) in [7, 11) is 1.65. The molecule has 2 rings (SSSR count). The first-order chi connectivity index (χ1) is 8.88. The summed E-state index contributed by atoms with van der Waals surface area (Å²) in [5.74, 6) is 0.816. The lowest BCUT2D eigenvalue weighted by molar-refractivity contribution is 0.415. The van der Waals surface area contributed by atoms with Gasteiger partial charge in [-0.15, -0.1) is 0 Å². The van der Waals surface area contributed by atoms with Crippen molar-refractivity contribution in [2.75, 3.05) is 7.11 Å². The van der Waals surface area contributed by atoms with Gasteiger partial charge in [0.25, 0.3) is 0 Å². The monoisotopic (exact) mass is 237 g/mol. The standard InChI is InChI=1S/C16H15NO/c1-18-16-11-5-10-15(13-16)17-12-6-9-14-7-3-2-4-8-14/h2-13H,1H3/b9-6+,17-12?. The molecule has 0 spiro atoms. The average Bonchev–Trinajstić information content (AvgIpc) is 2.45. The van der Waals surface area contributed by atoms with E-state index < -0.39 is 0 Å². The van der Waals surface area contributed by atoms with Crippen LogP contribution in [0.15, 0.2) is 65.7 Å². The molecule has 2 aromatic carbocycles. The Morgan fingerprint density at radius 3 is 2.61 bits per heavy atom. The first kappa shape index (κ1) is 12.1. The molecular formula is C16H15NO. The van der Waals surface area contributed by atoms with Gasteiger partial charge in [-0.3, -0.25) is 4.99 Å². The van der Waals surface area contributed by atoms with Crippen molar-refractivity contribution in [1.29, 1.82) is 0 Å². The fourth-order valence-corrected chi connectivity index (χ4v) is 1.54. The molecule has 0 heterocycles. The van der Waals surface area contributed by atoms with E-state index in [-0.39, 0.29) is 0 Å². The molecule has 2 aromatic rings. The van der Waals surface area contributed by atoms with Crippen LogP contribution < -0.4 is 4.74 Å². The lowest BCUT2D eigenvalue weighted by Crippen LogP contribution is -1.80. The van der Waals surface area contributed by atoms with Gasteiger partial charge in [0.05, 0.1) is 12.8 Å². The topological polar surface area (TPSA) is 21.6 Å². The van der Waals surface area contributed by atoms with Gasteiger partial charge in [-0.2, -0.15) is 0 Å². The molecule has 0 aliphatic heterocycles. The zero-order valence-electron chi connectivity index (χ0n) is 10.3. The molecule has 0 amide bonds. The molecule has 90 valence electrons. The summed E-state index contributed by atoms with van der Waals surface area (Å²) in [6.45, 7) is 0. The number of aliphatic imine (C=N–C) groups is 1. The van der Waals surface area contributed by atoms with Crippen LogP contribution in [0.3, 0.4) is 0 Å². The zero-order chi connectivity index (χ0) is 12.6. The first-order valence-corrected chi connectivity index (χ1v) is 5.78. The molecule has 0 atom stereocenters. The van der Waals surface area contributed by atoms with E-state index in [2.05, 4.69) is 17.1 Å². The van der Waals surface area contributed by atoms with Crippen LogP contribution in [0, 0.1) is 0 Å². The third kappa shape index (κ3) is 3.59. The first-order valence-electron chi connectivity index (χ1n) is 5.78. The minimum absolute atomic E-state index is 0.816. The Morgan fingerprint density at radius 1 is 1.00 bits per heavy atom. The number of hydrogen-bond donors (Lipinski definition) is 0. The van der Waals surface area contributed by atoms with Crippen molar-refractivity contribution in [3.63, 3.8) is 0 Å². The van der Waals surface area contributed by atoms with Gasteiger partial charge in [0, 0.05) is 12.3 Å². The predicted octanol–water partition coefficient (Wildman–Crippen LogP) is 4.11. The Hall–Kier alpha value is -2.35. The lowest BCUT2D eigenvalue weighted by atomic mass is 10.2. The van der Waals surface area contributed by atoms with Crippen molar-refractivity contribution in [1.82, 2.24) is 0 Å². The van der Waals surface area contributed by atoms with Crippen molar-refractivity contribution in [2.45, 2.75) is 0 Å². The second kappa shape index (κ2) is 6.40. The molecule has 2 heteroatoms. The molecular weight excluding hydrogens is 222 g/mol. The van der Waals surface area contributed by atoms with Gasteiger partial charge in [-0.25, -0.2) is 0 Å². The van der Waals surface area contributed by atoms with Gasteiger partial charge in [-0.1, -0.05) is 42.5 Å². The number of nitrogens with zero attached hydrogens (tertiary/aromatic N) is 1. The van der Waals surface area contributed by atoms with E-state index in [0.29, 0.717) is 0 Å². The van der Waals surface area contributed by atoms with Crippen molar-refractivity contribution < 1.29 is 4.74 Å². The molecule has 0 aliphatic rings. The highest BCUT2D eigenvalue weighted by Gasteiger charge is 1.91. The Balaban J connectivity index is 2.01. The number of methoxy groups -OCH3 is 1. The van der Waals surface area contributed by atoms with E-state index in [1.165, 1.54) is 0 Å². The summed E-state index contributed by atoms with van der Waals surface area (Å²) in [6.07, 6.45) is 5.72. The summed E-state index contributed by atoms with van der Waals surface area (Å²) in [4.78, 5) is 4.34. The molecule has 0 saturated heterocycles. The van der Waals surface area contributed by atoms with Crippen molar-refractivity contribution in [3.05, 3.63) is 66.2 Å². The largest absolute Gasteiger partial charge is 0.497 e. The second-order valence-electron chi connectivity index (χ2n) is 3.75. The van der Waals surface area contributed by atoms with Crippen LogP contribution >= 0.6 is 0 Å². The fourth-order valence-electron chi connectivity index (χ4n) is 1.54. The molecule has 0 fully saturated rings. The number of ether oxygens (including phenoxy) is 1. The second-order valence-corrected chi connectivity index (χ2v) is 3.75. The highest BCUT2D eigenvalue weighted by Crippen LogP contribution is 2.18. The van der Waals surface area contributed by atoms with Crippen LogP contribution in [0.1, 0.15) is 5.56 Å². The van der Waals surface area contributed by atoms with Gasteiger partial charge in [0.1, 0.15) is 5.75 Å². The maximum absolute atomic E-state index is 5.14. The van der Waals surface area contributed by atoms with Gasteiger partial charge in [0.2, 0.25) is 0 Å². The smallest absolute Gasteiger partial charge is 0.121 e. The minimum Gasteiger partial charge on any atom is -0.497 e. The Labute approximate surface area is 107 Å². The summed E-state index contributed by atoms with van der Waals surface area (Å²) >= 11 is 0. The summed E-state index contributed by atoms with van der Waals surface area (Å²) in [6, 6.07) is 17.8. The van der Waals surface area contributed by atoms with E-state index in [0.717, 1.165) is 17.0 Å². The SMILES string of the molecule is COc1cccc(N=C/C=C/c2ccccc2)c1. The van der Waals surface area contributed by atoms with Crippen molar-refractivity contribution in [2.24, 2.45) is 4.99 Å². The van der Waals surface area contributed by atoms with E-state index >= 15 is 0 Å². The van der Waals surface area contributed by atoms with Crippen LogP contribution in [0.5, 0.6) is 5.75 Å². The summed E-state index contributed by atoms with van der Waals surface area (Å²) in [5.41, 5.74) is 2.04. The molecule has 0 unspecified atom stereocenters. The third-order valence-electron chi connectivity index (χ3n) is 2.45. The molecule has 0 bridgehead atoms. The summed E-state index contributed by atoms with van der Waals surface area (Å²) < 4.78 is 5.14. The Kier molecular flexibility index (Phi) is 4.31. The predicted molar refractivity (Wildman–Crippen MR) is 76.6 cm³/mol. The van der Waals surface area contributed by atoms with Gasteiger partial charge < -0.3 is 4.74 Å². The quantitative estimate of drug-likeness (QED) is 0.733. The van der Waals surface area contributed by atoms with Gasteiger partial charge in [0.15, 0.2) is 0 Å². The molecule has 0 aliphatic carbocycles. The van der Waals surface area contributed by atoms with Gasteiger partial charge in [-0.05, 0) is 23.8 Å². The highest BCUT2D eigenvalue weighted by molar-refractivity contribution is 5.80. The molecule has 0 N–H and O–H groups in total.